The van der Waals surface area contributed by atoms with Crippen molar-refractivity contribution < 1.29 is 0 Å². The van der Waals surface area contributed by atoms with Gasteiger partial charge in [-0.25, -0.2) is 0 Å². The number of anilines is 2. The Labute approximate surface area is 135 Å². The maximum atomic E-state index is 2.48. The molecule has 2 heteroatoms. The van der Waals surface area contributed by atoms with Gasteiger partial charge in [-0.2, -0.15) is 0 Å². The molecule has 0 aromatic heterocycles. The summed E-state index contributed by atoms with van der Waals surface area (Å²) >= 11 is 0. The highest BCUT2D eigenvalue weighted by atomic mass is 28.3. The van der Waals surface area contributed by atoms with Gasteiger partial charge < -0.3 is 4.90 Å². The third-order valence-corrected chi connectivity index (χ3v) is 11.1. The van der Waals surface area contributed by atoms with Crippen molar-refractivity contribution in [2.75, 3.05) is 11.9 Å². The molecule has 0 saturated carbocycles. The lowest BCUT2D eigenvalue weighted by Gasteiger charge is -2.41. The van der Waals surface area contributed by atoms with Gasteiger partial charge in [0.05, 0.1) is 0 Å². The minimum atomic E-state index is -1.50. The Morgan fingerprint density at radius 2 is 1.59 bits per heavy atom. The summed E-state index contributed by atoms with van der Waals surface area (Å²) in [6, 6.07) is 19.4. The summed E-state index contributed by atoms with van der Waals surface area (Å²) in [5, 5.41) is 3.37. The average Bonchev–Trinajstić information content (AvgIpc) is 3.03. The summed E-state index contributed by atoms with van der Waals surface area (Å²) in [5.41, 5.74) is 4.41. The van der Waals surface area contributed by atoms with E-state index in [-0.39, 0.29) is 0 Å². The van der Waals surface area contributed by atoms with Crippen LogP contribution in [0.25, 0.3) is 0 Å². The van der Waals surface area contributed by atoms with Crippen molar-refractivity contribution in [3.8, 4) is 0 Å². The molecule has 1 fully saturated rings. The topological polar surface area (TPSA) is 3.24 Å². The summed E-state index contributed by atoms with van der Waals surface area (Å²) in [4.78, 5) is 2.44. The summed E-state index contributed by atoms with van der Waals surface area (Å²) in [6.45, 7) is 4.59. The summed E-state index contributed by atoms with van der Waals surface area (Å²) in [7, 11) is 0.746. The molecule has 2 aliphatic heterocycles. The van der Waals surface area contributed by atoms with Gasteiger partial charge in [-0.1, -0.05) is 57.0 Å². The molecule has 1 saturated heterocycles. The van der Waals surface area contributed by atoms with E-state index >= 15 is 0 Å². The third-order valence-electron chi connectivity index (χ3n) is 5.80. The molecule has 0 aliphatic carbocycles. The quantitative estimate of drug-likeness (QED) is 0.712. The first-order valence-electron chi connectivity index (χ1n) is 8.61. The Balaban J connectivity index is 1.98. The van der Waals surface area contributed by atoms with Crippen LogP contribution in [0.3, 0.4) is 0 Å². The van der Waals surface area contributed by atoms with Crippen molar-refractivity contribution in [2.24, 2.45) is 0 Å². The van der Waals surface area contributed by atoms with Crippen LogP contribution in [0, 0.1) is 0 Å². The first kappa shape index (κ1) is 14.1. The fourth-order valence-electron chi connectivity index (χ4n) is 4.55. The molecule has 0 atom stereocenters. The van der Waals surface area contributed by atoms with E-state index in [1.807, 2.05) is 0 Å². The molecule has 2 heterocycles. The van der Waals surface area contributed by atoms with Crippen LogP contribution in [0.5, 0.6) is 0 Å². The highest BCUT2D eigenvalue weighted by Gasteiger charge is 2.46. The van der Waals surface area contributed by atoms with E-state index in [9.17, 15) is 0 Å². The normalized spacial score (nSPS) is 18.6. The van der Waals surface area contributed by atoms with E-state index in [0.29, 0.717) is 5.92 Å². The monoisotopic (exact) mass is 307 g/mol. The second kappa shape index (κ2) is 4.99. The van der Waals surface area contributed by atoms with Gasteiger partial charge in [-0.05, 0) is 46.1 Å². The molecule has 2 aromatic carbocycles. The molecular formula is C20H25NSi. The minimum Gasteiger partial charge on any atom is -0.345 e. The summed E-state index contributed by atoms with van der Waals surface area (Å²) in [6.07, 6.45) is 2.82. The number of fused-ring (bicyclic) bond motifs is 4. The highest BCUT2D eigenvalue weighted by molar-refractivity contribution is 7.04. The first-order valence-corrected chi connectivity index (χ1v) is 11.0. The smallest absolute Gasteiger partial charge is 0.123 e. The first-order chi connectivity index (χ1) is 10.6. The third kappa shape index (κ3) is 1.83. The van der Waals surface area contributed by atoms with Gasteiger partial charge in [-0.15, -0.1) is 0 Å². The SMILES string of the molecule is CC(C)c1ccc2c(c1)N(C)c1ccccc1[Si]21CCCC1. The number of hydrogen-bond donors (Lipinski definition) is 0. The van der Waals surface area contributed by atoms with Crippen molar-refractivity contribution in [1.29, 1.82) is 0 Å². The zero-order chi connectivity index (χ0) is 15.3. The number of hydrogen-bond acceptors (Lipinski definition) is 1. The maximum absolute atomic E-state index is 2.48. The van der Waals surface area contributed by atoms with Crippen LogP contribution in [0.4, 0.5) is 11.4 Å². The zero-order valence-corrected chi connectivity index (χ0v) is 14.9. The zero-order valence-electron chi connectivity index (χ0n) is 13.9. The van der Waals surface area contributed by atoms with Crippen LogP contribution < -0.4 is 15.3 Å². The molecule has 0 bridgehead atoms. The van der Waals surface area contributed by atoms with Gasteiger partial charge in [0.15, 0.2) is 0 Å². The molecule has 22 heavy (non-hydrogen) atoms. The largest absolute Gasteiger partial charge is 0.345 e. The standard InChI is InChI=1S/C20H25NSi/c1-15(2)16-10-11-20-18(14-16)21(3)17-8-4-5-9-19(17)22(20)12-6-7-13-22/h4-5,8-11,14-15H,6-7,12-13H2,1-3H3. The Kier molecular flexibility index (Phi) is 3.19. The maximum Gasteiger partial charge on any atom is 0.123 e. The van der Waals surface area contributed by atoms with Gasteiger partial charge in [-0.3, -0.25) is 0 Å². The second-order valence-corrected chi connectivity index (χ2v) is 11.5. The second-order valence-electron chi connectivity index (χ2n) is 7.30. The lowest BCUT2D eigenvalue weighted by Crippen LogP contribution is -2.61. The molecular weight excluding hydrogens is 282 g/mol. The van der Waals surface area contributed by atoms with Crippen LogP contribution in [0.15, 0.2) is 42.5 Å². The number of benzene rings is 2. The molecule has 1 spiro atoms. The van der Waals surface area contributed by atoms with Crippen molar-refractivity contribution in [3.05, 3.63) is 48.0 Å². The molecule has 0 radical (unpaired) electrons. The van der Waals surface area contributed by atoms with Gasteiger partial charge in [0.2, 0.25) is 0 Å². The van der Waals surface area contributed by atoms with E-state index in [2.05, 4.69) is 68.3 Å². The van der Waals surface area contributed by atoms with Crippen molar-refractivity contribution in [2.45, 2.75) is 44.7 Å². The van der Waals surface area contributed by atoms with E-state index in [1.165, 1.54) is 41.9 Å². The lowest BCUT2D eigenvalue weighted by atomic mass is 10.0. The fourth-order valence-corrected chi connectivity index (χ4v) is 10.2. The van der Waals surface area contributed by atoms with E-state index in [1.54, 1.807) is 10.4 Å². The minimum absolute atomic E-state index is 0.595. The predicted octanol–water partition coefficient (Wildman–Crippen LogP) is 4.25. The molecule has 2 aromatic rings. The van der Waals surface area contributed by atoms with Crippen LogP contribution in [0.2, 0.25) is 12.1 Å². The van der Waals surface area contributed by atoms with Crippen LogP contribution >= 0.6 is 0 Å². The molecule has 0 amide bonds. The molecule has 0 N–H and O–H groups in total. The molecule has 1 nitrogen and oxygen atoms in total. The van der Waals surface area contributed by atoms with Crippen LogP contribution in [0.1, 0.15) is 38.2 Å². The van der Waals surface area contributed by atoms with E-state index in [0.717, 1.165) is 0 Å². The molecule has 4 rings (SSSR count). The van der Waals surface area contributed by atoms with Gasteiger partial charge >= 0.3 is 0 Å². The van der Waals surface area contributed by atoms with E-state index < -0.39 is 8.07 Å². The Bertz CT molecular complexity index is 713. The molecule has 114 valence electrons. The van der Waals surface area contributed by atoms with Gasteiger partial charge in [0.25, 0.3) is 0 Å². The lowest BCUT2D eigenvalue weighted by molar-refractivity contribution is 0.866. The summed E-state index contributed by atoms with van der Waals surface area (Å²) < 4.78 is 0. The van der Waals surface area contributed by atoms with Gasteiger partial charge in [0, 0.05) is 18.4 Å². The van der Waals surface area contributed by atoms with Crippen LogP contribution in [-0.2, 0) is 0 Å². The van der Waals surface area contributed by atoms with Gasteiger partial charge in [0.1, 0.15) is 8.07 Å². The highest BCUT2D eigenvalue weighted by Crippen LogP contribution is 2.39. The van der Waals surface area contributed by atoms with Crippen molar-refractivity contribution in [3.63, 3.8) is 0 Å². The van der Waals surface area contributed by atoms with E-state index in [4.69, 9.17) is 0 Å². The number of para-hydroxylation sites is 1. The molecule has 0 unspecified atom stereocenters. The summed E-state index contributed by atoms with van der Waals surface area (Å²) in [5.74, 6) is 0.595. The predicted molar refractivity (Wildman–Crippen MR) is 98.9 cm³/mol. The fraction of sp³-hybridized carbons (Fsp3) is 0.400. The Morgan fingerprint density at radius 1 is 0.909 bits per heavy atom. The number of nitrogens with zero attached hydrogens (tertiary/aromatic N) is 1. The van der Waals surface area contributed by atoms with Crippen molar-refractivity contribution in [1.82, 2.24) is 0 Å². The average molecular weight is 308 g/mol. The molecule has 2 aliphatic rings. The Morgan fingerprint density at radius 3 is 2.32 bits per heavy atom. The Hall–Kier alpha value is -1.54. The van der Waals surface area contributed by atoms with Crippen molar-refractivity contribution >= 4 is 29.8 Å². The number of rotatable bonds is 1. The van der Waals surface area contributed by atoms with Crippen LogP contribution in [-0.4, -0.2) is 15.1 Å².